The second kappa shape index (κ2) is 7.96. The van der Waals surface area contributed by atoms with Crippen LogP contribution in [-0.2, 0) is 0 Å². The fourth-order valence-corrected chi connectivity index (χ4v) is 7.02. The molecule has 0 saturated heterocycles. The van der Waals surface area contributed by atoms with Crippen molar-refractivity contribution in [2.24, 2.45) is 0 Å². The van der Waals surface area contributed by atoms with Crippen molar-refractivity contribution in [1.29, 1.82) is 5.26 Å². The minimum Gasteiger partial charge on any atom is -0.358 e. The molecule has 0 radical (unpaired) electrons. The Kier molecular flexibility index (Phi) is 4.59. The van der Waals surface area contributed by atoms with Gasteiger partial charge in [0.25, 0.3) is 0 Å². The van der Waals surface area contributed by atoms with Crippen LogP contribution in [0.25, 0.3) is 67.7 Å². The zero-order valence-electron chi connectivity index (χ0n) is 18.7. The summed E-state index contributed by atoms with van der Waals surface area (Å²) in [6, 6.07) is 31.3. The molecule has 3 heterocycles. The van der Waals surface area contributed by atoms with Gasteiger partial charge in [0.2, 0.25) is 0 Å². The van der Waals surface area contributed by atoms with Crippen LogP contribution in [0.5, 0.6) is 0 Å². The highest BCUT2D eigenvalue weighted by Gasteiger charge is 2.21. The molecule has 0 unspecified atom stereocenters. The molecule has 0 fully saturated rings. The van der Waals surface area contributed by atoms with Crippen LogP contribution in [0.2, 0.25) is 0 Å². The highest BCUT2D eigenvalue weighted by molar-refractivity contribution is 7.26. The number of nitriles is 1. The van der Waals surface area contributed by atoms with E-state index in [2.05, 4.69) is 93.7 Å². The molecule has 3 aromatic heterocycles. The fourth-order valence-electron chi connectivity index (χ4n) is 4.73. The summed E-state index contributed by atoms with van der Waals surface area (Å²) >= 11 is 3.47. The Morgan fingerprint density at radius 3 is 1.67 bits per heavy atom. The first-order chi connectivity index (χ1) is 17.7. The largest absolute Gasteiger partial charge is 0.358 e. The van der Waals surface area contributed by atoms with Gasteiger partial charge < -0.3 is 4.85 Å². The highest BCUT2D eigenvalue weighted by atomic mass is 32.1. The van der Waals surface area contributed by atoms with Gasteiger partial charge in [-0.15, -0.1) is 27.7 Å². The molecule has 166 valence electrons. The fraction of sp³-hybridized carbons (Fsp3) is 0. The second-order valence-electron chi connectivity index (χ2n) is 8.43. The van der Waals surface area contributed by atoms with E-state index in [1.807, 2.05) is 12.1 Å². The zero-order chi connectivity index (χ0) is 24.2. The number of aromatic nitrogens is 2. The topological polar surface area (TPSA) is 53.9 Å². The minimum absolute atomic E-state index is 0.0237. The average Bonchev–Trinajstić information content (AvgIpc) is 3.49. The number of benzene rings is 4. The maximum Gasteiger partial charge on any atom is 0.307 e. The summed E-state index contributed by atoms with van der Waals surface area (Å²) in [7, 11) is 0. The van der Waals surface area contributed by atoms with Gasteiger partial charge in [-0.05, 0) is 30.3 Å². The summed E-state index contributed by atoms with van der Waals surface area (Å²) in [5, 5.41) is 14.5. The quantitative estimate of drug-likeness (QED) is 0.225. The van der Waals surface area contributed by atoms with Crippen LogP contribution < -0.4 is 0 Å². The molecule has 0 amide bonds. The van der Waals surface area contributed by atoms with Gasteiger partial charge in [-0.2, -0.15) is 5.26 Å². The number of thiophene rings is 2. The third-order valence-electron chi connectivity index (χ3n) is 6.39. The van der Waals surface area contributed by atoms with Crippen LogP contribution in [0, 0.1) is 17.9 Å². The molecule has 36 heavy (non-hydrogen) atoms. The molecule has 0 atom stereocenters. The Morgan fingerprint density at radius 2 is 1.14 bits per heavy atom. The van der Waals surface area contributed by atoms with E-state index >= 15 is 0 Å². The average molecular weight is 495 g/mol. The Balaban J connectivity index is 1.48. The number of nitrogens with zero attached hydrogens (tertiary/aromatic N) is 4. The standard InChI is InChI=1S/C30H14N4S2/c1-32-30-23(16-31)33-28(17-10-12-21-19-6-2-4-8-24(19)35-26(21)14-17)29(34-30)18-11-13-22-20-7-3-5-9-25(20)36-27(22)15-18/h2-15H. The van der Waals surface area contributed by atoms with Gasteiger partial charge in [-0.25, -0.2) is 4.98 Å². The number of hydrogen-bond acceptors (Lipinski definition) is 5. The van der Waals surface area contributed by atoms with E-state index in [0.29, 0.717) is 11.4 Å². The lowest BCUT2D eigenvalue weighted by atomic mass is 10.0. The normalized spacial score (nSPS) is 11.3. The van der Waals surface area contributed by atoms with E-state index in [4.69, 9.17) is 6.57 Å². The molecule has 0 aliphatic rings. The minimum atomic E-state index is 0.0237. The van der Waals surface area contributed by atoms with Gasteiger partial charge in [0.05, 0.1) is 0 Å². The van der Waals surface area contributed by atoms with E-state index in [9.17, 15) is 5.26 Å². The third kappa shape index (κ3) is 3.10. The molecule has 7 aromatic rings. The molecular formula is C30H14N4S2. The van der Waals surface area contributed by atoms with Crippen molar-refractivity contribution in [3.05, 3.63) is 102 Å². The molecule has 7 rings (SSSR count). The molecule has 4 nitrogen and oxygen atoms in total. The molecular weight excluding hydrogens is 480 g/mol. The van der Waals surface area contributed by atoms with E-state index in [1.54, 1.807) is 22.7 Å². The predicted octanol–water partition coefficient (Wildman–Crippen LogP) is 8.97. The molecule has 0 N–H and O–H groups in total. The van der Waals surface area contributed by atoms with Gasteiger partial charge in [-0.3, -0.25) is 0 Å². The summed E-state index contributed by atoms with van der Waals surface area (Å²) in [4.78, 5) is 12.8. The molecule has 0 saturated carbocycles. The van der Waals surface area contributed by atoms with Crippen LogP contribution in [-0.4, -0.2) is 9.97 Å². The number of hydrogen-bond donors (Lipinski definition) is 0. The molecule has 0 aliphatic carbocycles. The Hall–Kier alpha value is -4.62. The number of fused-ring (bicyclic) bond motifs is 6. The highest BCUT2D eigenvalue weighted by Crippen LogP contribution is 2.41. The predicted molar refractivity (Wildman–Crippen MR) is 150 cm³/mol. The van der Waals surface area contributed by atoms with Crippen LogP contribution in [0.3, 0.4) is 0 Å². The molecule has 6 heteroatoms. The Bertz CT molecular complexity index is 1940. The summed E-state index contributed by atoms with van der Waals surface area (Å²) in [5.74, 6) is 0.0237. The molecule has 0 spiro atoms. The van der Waals surface area contributed by atoms with Crippen molar-refractivity contribution in [2.75, 3.05) is 0 Å². The van der Waals surface area contributed by atoms with Crippen LogP contribution in [0.1, 0.15) is 5.69 Å². The van der Waals surface area contributed by atoms with Gasteiger partial charge >= 0.3 is 5.82 Å². The summed E-state index contributed by atoms with van der Waals surface area (Å²) in [6.45, 7) is 7.57. The summed E-state index contributed by atoms with van der Waals surface area (Å²) in [6.07, 6.45) is 0. The van der Waals surface area contributed by atoms with Crippen molar-refractivity contribution >= 4 is 68.8 Å². The van der Waals surface area contributed by atoms with Crippen molar-refractivity contribution in [2.45, 2.75) is 0 Å². The van der Waals surface area contributed by atoms with Gasteiger partial charge in [0.1, 0.15) is 11.8 Å². The van der Waals surface area contributed by atoms with Crippen molar-refractivity contribution in [1.82, 2.24) is 9.97 Å². The van der Waals surface area contributed by atoms with Gasteiger partial charge in [-0.1, -0.05) is 61.2 Å². The van der Waals surface area contributed by atoms with E-state index in [-0.39, 0.29) is 11.5 Å². The van der Waals surface area contributed by atoms with E-state index in [1.165, 1.54) is 30.9 Å². The van der Waals surface area contributed by atoms with Crippen LogP contribution in [0.4, 0.5) is 5.82 Å². The zero-order valence-corrected chi connectivity index (χ0v) is 20.3. The first-order valence-corrected chi connectivity index (χ1v) is 12.9. The van der Waals surface area contributed by atoms with Crippen molar-refractivity contribution in [3.8, 4) is 28.6 Å². The lowest BCUT2D eigenvalue weighted by Crippen LogP contribution is -1.97. The van der Waals surface area contributed by atoms with Crippen LogP contribution >= 0.6 is 22.7 Å². The number of rotatable bonds is 2. The SMILES string of the molecule is [C-]#[N+]c1nc(-c2ccc3c(c2)sc2ccccc23)c(-c2ccc3c(c2)sc2ccccc23)nc1C#N. The maximum atomic E-state index is 9.68. The Morgan fingerprint density at radius 1 is 0.639 bits per heavy atom. The monoisotopic (exact) mass is 494 g/mol. The van der Waals surface area contributed by atoms with E-state index < -0.39 is 0 Å². The smallest absolute Gasteiger partial charge is 0.307 e. The lowest BCUT2D eigenvalue weighted by molar-refractivity contribution is 1.19. The maximum absolute atomic E-state index is 9.68. The summed E-state index contributed by atoms with van der Waals surface area (Å²) < 4.78 is 4.75. The van der Waals surface area contributed by atoms with E-state index in [0.717, 1.165) is 20.5 Å². The first kappa shape index (κ1) is 20.7. The second-order valence-corrected chi connectivity index (χ2v) is 10.6. The Labute approximate surface area is 214 Å². The third-order valence-corrected chi connectivity index (χ3v) is 8.66. The van der Waals surface area contributed by atoms with Crippen molar-refractivity contribution < 1.29 is 0 Å². The van der Waals surface area contributed by atoms with Gasteiger partial charge in [0, 0.05) is 51.5 Å². The molecule has 0 aliphatic heterocycles. The van der Waals surface area contributed by atoms with Crippen LogP contribution in [0.15, 0.2) is 84.9 Å². The molecule has 4 aromatic carbocycles. The first-order valence-electron chi connectivity index (χ1n) is 11.3. The lowest BCUT2D eigenvalue weighted by Gasteiger charge is -2.08. The summed E-state index contributed by atoms with van der Waals surface area (Å²) in [5.41, 5.74) is 3.02. The van der Waals surface area contributed by atoms with Gasteiger partial charge in [0.15, 0.2) is 11.4 Å². The van der Waals surface area contributed by atoms with Crippen molar-refractivity contribution in [3.63, 3.8) is 0 Å². The molecule has 0 bridgehead atoms.